The zero-order valence-corrected chi connectivity index (χ0v) is 18.5. The van der Waals surface area contributed by atoms with Crippen molar-refractivity contribution in [1.29, 1.82) is 0 Å². The third kappa shape index (κ3) is 10.0. The Labute approximate surface area is 161 Å². The molecule has 0 amide bonds. The molecule has 0 saturated carbocycles. The Kier molecular flexibility index (Phi) is 13.1. The van der Waals surface area contributed by atoms with E-state index in [-0.39, 0.29) is 4.32 Å². The van der Waals surface area contributed by atoms with E-state index in [1.54, 1.807) is 4.90 Å². The van der Waals surface area contributed by atoms with Gasteiger partial charge in [0, 0.05) is 13.1 Å². The fraction of sp³-hybridized carbons (Fsp3) is 0.941. The fourth-order valence-electron chi connectivity index (χ4n) is 2.88. The molecule has 0 aliphatic rings. The lowest BCUT2D eigenvalue weighted by Gasteiger charge is -2.31. The first-order chi connectivity index (χ1) is 11.7. The summed E-state index contributed by atoms with van der Waals surface area (Å²) in [5.41, 5.74) is 0. The highest BCUT2D eigenvalue weighted by molar-refractivity contribution is 8.69. The number of rotatable bonds is 13. The maximum absolute atomic E-state index is 12.1. The third-order valence-corrected chi connectivity index (χ3v) is 8.21. The van der Waals surface area contributed by atoms with Crippen LogP contribution in [-0.2, 0) is 19.0 Å². The van der Waals surface area contributed by atoms with Gasteiger partial charge in [0.15, 0.2) is 4.32 Å². The van der Waals surface area contributed by atoms with E-state index < -0.39 is 19.0 Å². The molecule has 8 heteroatoms. The van der Waals surface area contributed by atoms with Crippen LogP contribution in [0.4, 0.5) is 0 Å². The van der Waals surface area contributed by atoms with Crippen LogP contribution in [0.3, 0.4) is 0 Å². The second kappa shape index (κ2) is 13.2. The van der Waals surface area contributed by atoms with E-state index in [1.807, 2.05) is 0 Å². The van der Waals surface area contributed by atoms with Gasteiger partial charge in [-0.3, -0.25) is 4.55 Å². The number of nitrogens with zero attached hydrogens (tertiary/aromatic N) is 1. The predicted octanol–water partition coefficient (Wildman–Crippen LogP) is 4.56. The van der Waals surface area contributed by atoms with E-state index >= 15 is 0 Å². The lowest BCUT2D eigenvalue weighted by Crippen LogP contribution is -2.41. The smallest absolute Gasteiger partial charge is 0.354 e. The summed E-state index contributed by atoms with van der Waals surface area (Å²) < 4.78 is 43.6. The van der Waals surface area contributed by atoms with Gasteiger partial charge in [-0.25, -0.2) is 4.21 Å². The fourth-order valence-corrected chi connectivity index (χ4v) is 5.20. The lowest BCUT2D eigenvalue weighted by atomic mass is 9.96. The Balaban J connectivity index is 5.26. The minimum absolute atomic E-state index is 0.160. The van der Waals surface area contributed by atoms with Crippen molar-refractivity contribution in [3.05, 3.63) is 0 Å². The van der Waals surface area contributed by atoms with Crippen molar-refractivity contribution >= 4 is 35.5 Å². The molecule has 3 unspecified atom stereocenters. The average molecular weight is 414 g/mol. The Hall–Kier alpha value is -0.0500. The molecular formula is C17H35NO4S3. The summed E-state index contributed by atoms with van der Waals surface area (Å²) in [4.78, 5) is 1.77. The molecule has 0 saturated heterocycles. The van der Waals surface area contributed by atoms with Crippen LogP contribution in [-0.4, -0.2) is 39.5 Å². The van der Waals surface area contributed by atoms with Gasteiger partial charge in [-0.1, -0.05) is 66.2 Å². The van der Waals surface area contributed by atoms with E-state index in [0.717, 1.165) is 51.4 Å². The highest BCUT2D eigenvalue weighted by Crippen LogP contribution is 2.20. The molecule has 0 rings (SSSR count). The summed E-state index contributed by atoms with van der Waals surface area (Å²) in [7, 11) is -7.25. The third-order valence-electron chi connectivity index (χ3n) is 4.64. The molecule has 1 N–H and O–H groups in total. The molecule has 25 heavy (non-hydrogen) atoms. The van der Waals surface area contributed by atoms with Crippen LogP contribution in [0.2, 0.25) is 0 Å². The van der Waals surface area contributed by atoms with Crippen molar-refractivity contribution in [3.8, 4) is 0 Å². The number of hydrogen-bond acceptors (Lipinski definition) is 4. The second-order valence-corrected chi connectivity index (χ2v) is 11.2. The summed E-state index contributed by atoms with van der Waals surface area (Å²) in [5, 5.41) is 0. The van der Waals surface area contributed by atoms with Crippen molar-refractivity contribution in [3.63, 3.8) is 0 Å². The van der Waals surface area contributed by atoms with E-state index in [0.29, 0.717) is 24.9 Å². The van der Waals surface area contributed by atoms with Crippen molar-refractivity contribution in [2.45, 2.75) is 79.1 Å². The van der Waals surface area contributed by atoms with Crippen molar-refractivity contribution in [2.24, 2.45) is 11.8 Å². The molecule has 0 spiro atoms. The van der Waals surface area contributed by atoms with Crippen molar-refractivity contribution < 1.29 is 17.2 Å². The normalized spacial score (nSPS) is 15.6. The molecule has 0 radical (unpaired) electrons. The monoisotopic (exact) mass is 413 g/mol. The van der Waals surface area contributed by atoms with Gasteiger partial charge in [0.25, 0.3) is 0 Å². The standard InChI is InChI=1S/C17H35NO4S3/c1-5-9-11-15(7-3)13-18(14-16(8-4)12-10-6-2)17(23)24(19)25(20,21)22/h15-16H,5-14H2,1-4H3,(H,20,21,22). The maximum Gasteiger partial charge on any atom is 0.354 e. The maximum atomic E-state index is 12.1. The molecule has 0 bridgehead atoms. The minimum Gasteiger partial charge on any atom is -0.354 e. The minimum atomic E-state index is -4.68. The Bertz CT molecular complexity index is 490. The zero-order valence-electron chi connectivity index (χ0n) is 16.1. The van der Waals surface area contributed by atoms with Gasteiger partial charge >= 0.3 is 9.15 Å². The van der Waals surface area contributed by atoms with Gasteiger partial charge in [0.1, 0.15) is 0 Å². The summed E-state index contributed by atoms with van der Waals surface area (Å²) in [6, 6.07) is 0. The molecule has 150 valence electrons. The van der Waals surface area contributed by atoms with E-state index in [4.69, 9.17) is 16.8 Å². The highest BCUT2D eigenvalue weighted by atomic mass is 33.2. The van der Waals surface area contributed by atoms with Gasteiger partial charge in [-0.05, 0) is 36.9 Å². The van der Waals surface area contributed by atoms with Crippen LogP contribution in [0, 0.1) is 11.8 Å². The largest absolute Gasteiger partial charge is 0.354 e. The molecule has 0 aliphatic carbocycles. The van der Waals surface area contributed by atoms with Gasteiger partial charge in [-0.2, -0.15) is 8.42 Å². The van der Waals surface area contributed by atoms with Crippen LogP contribution >= 0.6 is 12.2 Å². The topological polar surface area (TPSA) is 74.7 Å². The molecule has 0 aromatic heterocycles. The van der Waals surface area contributed by atoms with E-state index in [1.165, 1.54) is 0 Å². The summed E-state index contributed by atoms with van der Waals surface area (Å²) in [5.74, 6) is 0.750. The predicted molar refractivity (Wildman–Crippen MR) is 110 cm³/mol. The van der Waals surface area contributed by atoms with Crippen LogP contribution in [0.5, 0.6) is 0 Å². The van der Waals surface area contributed by atoms with Crippen LogP contribution in [0.15, 0.2) is 0 Å². The molecule has 5 nitrogen and oxygen atoms in total. The molecule has 0 heterocycles. The van der Waals surface area contributed by atoms with Crippen LogP contribution in [0.1, 0.15) is 79.1 Å². The van der Waals surface area contributed by atoms with Crippen LogP contribution < -0.4 is 0 Å². The Morgan fingerprint density at radius 3 is 1.68 bits per heavy atom. The molecule has 0 aliphatic heterocycles. The average Bonchev–Trinajstić information content (AvgIpc) is 2.58. The quantitative estimate of drug-likeness (QED) is 0.271. The molecule has 0 aromatic rings. The highest BCUT2D eigenvalue weighted by Gasteiger charge is 2.28. The van der Waals surface area contributed by atoms with Crippen molar-refractivity contribution in [2.75, 3.05) is 13.1 Å². The Morgan fingerprint density at radius 2 is 1.40 bits per heavy atom. The van der Waals surface area contributed by atoms with Crippen molar-refractivity contribution in [1.82, 2.24) is 4.90 Å². The molecular weight excluding hydrogens is 378 g/mol. The Morgan fingerprint density at radius 1 is 1.00 bits per heavy atom. The first-order valence-electron chi connectivity index (χ1n) is 9.39. The summed E-state index contributed by atoms with van der Waals surface area (Å²) >= 11 is 5.19. The molecule has 0 fully saturated rings. The molecule has 0 aromatic carbocycles. The number of hydrogen-bond donors (Lipinski definition) is 1. The van der Waals surface area contributed by atoms with E-state index in [2.05, 4.69) is 27.7 Å². The SMILES string of the molecule is CCCCC(CC)CN(CC(CC)CCCC)C(=S)S(=O)S(=O)(=O)O. The second-order valence-electron chi connectivity index (χ2n) is 6.67. The van der Waals surface area contributed by atoms with E-state index in [9.17, 15) is 12.6 Å². The zero-order chi connectivity index (χ0) is 19.5. The first kappa shape index (κ1) is 24.9. The van der Waals surface area contributed by atoms with Crippen LogP contribution in [0.25, 0.3) is 0 Å². The van der Waals surface area contributed by atoms with Gasteiger partial charge in [0.2, 0.25) is 9.83 Å². The number of unbranched alkanes of at least 4 members (excludes halogenated alkanes) is 2. The first-order valence-corrected chi connectivity index (χ1v) is 12.9. The van der Waals surface area contributed by atoms with Gasteiger partial charge in [0.05, 0.1) is 0 Å². The lowest BCUT2D eigenvalue weighted by molar-refractivity contribution is 0.268. The summed E-state index contributed by atoms with van der Waals surface area (Å²) in [6.45, 7) is 9.69. The van der Waals surface area contributed by atoms with Gasteiger partial charge < -0.3 is 4.90 Å². The number of thiocarbonyl (C=S) groups is 1. The van der Waals surface area contributed by atoms with Gasteiger partial charge in [-0.15, -0.1) is 0 Å². The summed E-state index contributed by atoms with van der Waals surface area (Å²) in [6.07, 6.45) is 8.42. The molecule has 3 atom stereocenters.